The fourth-order valence-electron chi connectivity index (χ4n) is 2.74. The van der Waals surface area contributed by atoms with Crippen LogP contribution in [0.1, 0.15) is 12.0 Å². The Morgan fingerprint density at radius 1 is 1.43 bits per heavy atom. The van der Waals surface area contributed by atoms with Crippen molar-refractivity contribution in [2.24, 2.45) is 5.41 Å². The molecule has 1 unspecified atom stereocenters. The number of hydrogen-bond acceptors (Lipinski definition) is 5. The van der Waals surface area contributed by atoms with Crippen LogP contribution in [0.25, 0.3) is 0 Å². The molecule has 128 valence electrons. The van der Waals surface area contributed by atoms with Crippen LogP contribution in [-0.2, 0) is 19.6 Å². The number of nitrogens with one attached hydrogen (secondary N) is 3. The fraction of sp³-hybridized carbons (Fsp3) is 0.533. The molecule has 0 aliphatic carbocycles. The Labute approximate surface area is 136 Å². The van der Waals surface area contributed by atoms with E-state index in [-0.39, 0.29) is 10.8 Å². The van der Waals surface area contributed by atoms with Crippen molar-refractivity contribution in [1.82, 2.24) is 10.0 Å². The third-order valence-electron chi connectivity index (χ3n) is 4.15. The zero-order valence-corrected chi connectivity index (χ0v) is 14.4. The molecule has 1 aromatic rings. The third kappa shape index (κ3) is 3.72. The lowest BCUT2D eigenvalue weighted by atomic mass is 9.87. The summed E-state index contributed by atoms with van der Waals surface area (Å²) in [5.41, 5.74) is 0.449. The zero-order chi connectivity index (χ0) is 17.1. The molecule has 1 saturated heterocycles. The van der Waals surface area contributed by atoms with Gasteiger partial charge in [-0.05, 0) is 44.6 Å². The Kier molecular flexibility index (Phi) is 5.41. The SMILES string of the molecule is CNS(=O)(=O)c1cc(NC(=O)C2(COC)CCNC2)ccc1C. The van der Waals surface area contributed by atoms with Crippen LogP contribution in [-0.4, -0.2) is 48.2 Å². The van der Waals surface area contributed by atoms with E-state index in [2.05, 4.69) is 15.4 Å². The first-order valence-corrected chi connectivity index (χ1v) is 8.88. The van der Waals surface area contributed by atoms with Crippen molar-refractivity contribution < 1.29 is 17.9 Å². The smallest absolute Gasteiger partial charge is 0.240 e. The maximum Gasteiger partial charge on any atom is 0.240 e. The number of hydrogen-bond donors (Lipinski definition) is 3. The molecule has 1 heterocycles. The summed E-state index contributed by atoms with van der Waals surface area (Å²) in [6.07, 6.45) is 0.681. The topological polar surface area (TPSA) is 96.5 Å². The van der Waals surface area contributed by atoms with Crippen molar-refractivity contribution in [3.05, 3.63) is 23.8 Å². The van der Waals surface area contributed by atoms with Crippen LogP contribution in [0.4, 0.5) is 5.69 Å². The summed E-state index contributed by atoms with van der Waals surface area (Å²) in [6, 6.07) is 4.85. The highest BCUT2D eigenvalue weighted by Crippen LogP contribution is 2.28. The largest absolute Gasteiger partial charge is 0.384 e. The van der Waals surface area contributed by atoms with E-state index < -0.39 is 15.4 Å². The summed E-state index contributed by atoms with van der Waals surface area (Å²) in [4.78, 5) is 12.8. The lowest BCUT2D eigenvalue weighted by Gasteiger charge is -2.26. The Hall–Kier alpha value is -1.48. The molecule has 1 amide bonds. The summed E-state index contributed by atoms with van der Waals surface area (Å²) in [5.74, 6) is -0.166. The zero-order valence-electron chi connectivity index (χ0n) is 13.6. The van der Waals surface area contributed by atoms with Crippen molar-refractivity contribution in [1.29, 1.82) is 0 Å². The predicted molar refractivity (Wildman–Crippen MR) is 87.8 cm³/mol. The number of methoxy groups -OCH3 is 1. The third-order valence-corrected chi connectivity index (χ3v) is 5.71. The molecule has 3 N–H and O–H groups in total. The number of sulfonamides is 1. The Morgan fingerprint density at radius 2 is 2.17 bits per heavy atom. The van der Waals surface area contributed by atoms with Gasteiger partial charge in [-0.25, -0.2) is 13.1 Å². The lowest BCUT2D eigenvalue weighted by Crippen LogP contribution is -2.41. The van der Waals surface area contributed by atoms with Gasteiger partial charge in [-0.3, -0.25) is 4.79 Å². The highest BCUT2D eigenvalue weighted by molar-refractivity contribution is 7.89. The van der Waals surface area contributed by atoms with Crippen molar-refractivity contribution in [2.45, 2.75) is 18.2 Å². The molecule has 23 heavy (non-hydrogen) atoms. The van der Waals surface area contributed by atoms with Crippen LogP contribution in [0.3, 0.4) is 0 Å². The first-order chi connectivity index (χ1) is 10.8. The molecule has 2 rings (SSSR count). The number of carbonyl (C=O) groups excluding carboxylic acids is 1. The average molecular weight is 341 g/mol. The van der Waals surface area contributed by atoms with E-state index in [0.717, 1.165) is 6.54 Å². The molecule has 1 aliphatic heterocycles. The second kappa shape index (κ2) is 6.96. The molecule has 1 aromatic carbocycles. The van der Waals surface area contributed by atoms with Gasteiger partial charge in [-0.1, -0.05) is 6.07 Å². The Morgan fingerprint density at radius 3 is 2.74 bits per heavy atom. The van der Waals surface area contributed by atoms with E-state index in [0.29, 0.717) is 30.8 Å². The monoisotopic (exact) mass is 341 g/mol. The number of carbonyl (C=O) groups is 1. The van der Waals surface area contributed by atoms with Gasteiger partial charge in [0.1, 0.15) is 0 Å². The molecular formula is C15H23N3O4S. The molecule has 1 fully saturated rings. The number of benzene rings is 1. The van der Waals surface area contributed by atoms with Gasteiger partial charge in [-0.15, -0.1) is 0 Å². The molecule has 7 nitrogen and oxygen atoms in total. The molecule has 0 saturated carbocycles. The lowest BCUT2D eigenvalue weighted by molar-refractivity contribution is -0.127. The molecule has 0 bridgehead atoms. The number of amides is 1. The normalized spacial score (nSPS) is 21.3. The van der Waals surface area contributed by atoms with Crippen molar-refractivity contribution >= 4 is 21.6 Å². The van der Waals surface area contributed by atoms with Gasteiger partial charge >= 0.3 is 0 Å². The molecule has 8 heteroatoms. The van der Waals surface area contributed by atoms with Crippen molar-refractivity contribution in [3.8, 4) is 0 Å². The quantitative estimate of drug-likeness (QED) is 0.699. The summed E-state index contributed by atoms with van der Waals surface area (Å²) >= 11 is 0. The molecule has 1 aliphatic rings. The number of ether oxygens (including phenoxy) is 1. The summed E-state index contributed by atoms with van der Waals surface area (Å²) in [5, 5.41) is 5.99. The molecule has 0 spiro atoms. The van der Waals surface area contributed by atoms with Crippen LogP contribution < -0.4 is 15.4 Å². The minimum absolute atomic E-state index is 0.156. The van der Waals surface area contributed by atoms with Gasteiger partial charge in [0, 0.05) is 19.3 Å². The van der Waals surface area contributed by atoms with Gasteiger partial charge in [0.15, 0.2) is 0 Å². The van der Waals surface area contributed by atoms with Gasteiger partial charge < -0.3 is 15.4 Å². The van der Waals surface area contributed by atoms with Crippen LogP contribution in [0.15, 0.2) is 23.1 Å². The number of rotatable bonds is 6. The van der Waals surface area contributed by atoms with Crippen LogP contribution >= 0.6 is 0 Å². The van der Waals surface area contributed by atoms with Crippen LogP contribution in [0.2, 0.25) is 0 Å². The van der Waals surface area contributed by atoms with Crippen LogP contribution in [0.5, 0.6) is 0 Å². The van der Waals surface area contributed by atoms with Crippen molar-refractivity contribution in [3.63, 3.8) is 0 Å². The summed E-state index contributed by atoms with van der Waals surface area (Å²) < 4.78 is 31.5. The number of anilines is 1. The minimum Gasteiger partial charge on any atom is -0.384 e. The standard InChI is InChI=1S/C15H23N3O4S/c1-11-4-5-12(8-13(11)23(20,21)16-2)18-14(19)15(10-22-3)6-7-17-9-15/h4-5,8,16-17H,6-7,9-10H2,1-3H3,(H,18,19). The van der Waals surface area contributed by atoms with E-state index in [9.17, 15) is 13.2 Å². The minimum atomic E-state index is -3.57. The van der Waals surface area contributed by atoms with E-state index >= 15 is 0 Å². The van der Waals surface area contributed by atoms with E-state index in [1.165, 1.54) is 13.1 Å². The van der Waals surface area contributed by atoms with Crippen molar-refractivity contribution in [2.75, 3.05) is 39.2 Å². The second-order valence-corrected chi connectivity index (χ2v) is 7.64. The molecule has 0 radical (unpaired) electrons. The first-order valence-electron chi connectivity index (χ1n) is 7.40. The maximum absolute atomic E-state index is 12.6. The average Bonchev–Trinajstić information content (AvgIpc) is 2.99. The second-order valence-electron chi connectivity index (χ2n) is 5.78. The molecule has 0 aromatic heterocycles. The fourth-order valence-corrected chi connectivity index (χ4v) is 3.74. The number of aryl methyl sites for hydroxylation is 1. The van der Waals surface area contributed by atoms with E-state index in [1.54, 1.807) is 26.2 Å². The predicted octanol–water partition coefficient (Wildman–Crippen LogP) is 0.468. The van der Waals surface area contributed by atoms with E-state index in [4.69, 9.17) is 4.74 Å². The Bertz CT molecular complexity index is 682. The highest BCUT2D eigenvalue weighted by atomic mass is 32.2. The maximum atomic E-state index is 12.6. The summed E-state index contributed by atoms with van der Waals surface area (Å²) in [6.45, 7) is 3.33. The van der Waals surface area contributed by atoms with Crippen LogP contribution in [0, 0.1) is 12.3 Å². The van der Waals surface area contributed by atoms with Gasteiger partial charge in [0.05, 0.1) is 16.9 Å². The molecule has 1 atom stereocenters. The molecular weight excluding hydrogens is 318 g/mol. The summed E-state index contributed by atoms with van der Waals surface area (Å²) in [7, 11) is -0.645. The first kappa shape index (κ1) is 17.9. The van der Waals surface area contributed by atoms with E-state index in [1.807, 2.05) is 0 Å². The van der Waals surface area contributed by atoms with Gasteiger partial charge in [0.2, 0.25) is 15.9 Å². The van der Waals surface area contributed by atoms with Gasteiger partial charge in [0.25, 0.3) is 0 Å². The highest BCUT2D eigenvalue weighted by Gasteiger charge is 2.41. The Balaban J connectivity index is 2.26. The van der Waals surface area contributed by atoms with Gasteiger partial charge in [-0.2, -0.15) is 0 Å².